The summed E-state index contributed by atoms with van der Waals surface area (Å²) in [6.07, 6.45) is 1.76. The van der Waals surface area contributed by atoms with Crippen molar-refractivity contribution < 1.29 is 9.59 Å². The van der Waals surface area contributed by atoms with Crippen molar-refractivity contribution in [2.45, 2.75) is 19.8 Å². The molecule has 0 bridgehead atoms. The van der Waals surface area contributed by atoms with E-state index < -0.39 is 0 Å². The largest absolute Gasteiger partial charge is 0.337 e. The predicted molar refractivity (Wildman–Crippen MR) is 84.0 cm³/mol. The van der Waals surface area contributed by atoms with Gasteiger partial charge in [-0.2, -0.15) is 0 Å². The Bertz CT molecular complexity index is 608. The van der Waals surface area contributed by atoms with Gasteiger partial charge < -0.3 is 10.6 Å². The first-order chi connectivity index (χ1) is 10.1. The van der Waals surface area contributed by atoms with Gasteiger partial charge in [-0.15, -0.1) is 11.3 Å². The molecule has 1 unspecified atom stereocenters. The normalized spacial score (nSPS) is 11.7. The first-order valence-electron chi connectivity index (χ1n) is 6.61. The van der Waals surface area contributed by atoms with Gasteiger partial charge >= 0.3 is 6.03 Å². The maximum absolute atomic E-state index is 11.8. The van der Waals surface area contributed by atoms with Crippen LogP contribution in [0.3, 0.4) is 0 Å². The Labute approximate surface area is 127 Å². The first kappa shape index (κ1) is 15.2. The van der Waals surface area contributed by atoms with Gasteiger partial charge in [0.05, 0.1) is 5.01 Å². The molecule has 21 heavy (non-hydrogen) atoms. The number of anilines is 1. The maximum Gasteiger partial charge on any atom is 0.319 e. The van der Waals surface area contributed by atoms with E-state index in [0.29, 0.717) is 17.8 Å². The molecule has 0 aliphatic heterocycles. The van der Waals surface area contributed by atoms with Crippen molar-refractivity contribution in [2.24, 2.45) is 0 Å². The minimum atomic E-state index is -0.269. The third-order valence-electron chi connectivity index (χ3n) is 2.99. The van der Waals surface area contributed by atoms with Crippen LogP contribution in [-0.2, 0) is 0 Å². The summed E-state index contributed by atoms with van der Waals surface area (Å²) in [5, 5.41) is 8.46. The molecule has 0 radical (unpaired) electrons. The number of urea groups is 1. The van der Waals surface area contributed by atoms with Crippen LogP contribution >= 0.6 is 11.3 Å². The molecule has 1 atom stereocenters. The van der Waals surface area contributed by atoms with E-state index >= 15 is 0 Å². The van der Waals surface area contributed by atoms with Gasteiger partial charge in [0.25, 0.3) is 0 Å². The monoisotopic (exact) mass is 303 g/mol. The van der Waals surface area contributed by atoms with E-state index in [1.54, 1.807) is 41.8 Å². The molecule has 6 heteroatoms. The first-order valence-corrected chi connectivity index (χ1v) is 7.49. The highest BCUT2D eigenvalue weighted by Crippen LogP contribution is 2.16. The molecule has 1 aromatic carbocycles. The molecule has 1 heterocycles. The number of ketones is 1. The SMILES string of the molecule is CC(=O)c1ccc(NC(=O)NCC(C)c2nccs2)cc1. The van der Waals surface area contributed by atoms with Gasteiger partial charge in [0.1, 0.15) is 0 Å². The van der Waals surface area contributed by atoms with Crippen LogP contribution in [0.5, 0.6) is 0 Å². The van der Waals surface area contributed by atoms with E-state index in [4.69, 9.17) is 0 Å². The number of nitrogens with zero attached hydrogens (tertiary/aromatic N) is 1. The summed E-state index contributed by atoms with van der Waals surface area (Å²) in [6.45, 7) is 4.04. The van der Waals surface area contributed by atoms with Crippen molar-refractivity contribution in [1.29, 1.82) is 0 Å². The minimum Gasteiger partial charge on any atom is -0.337 e. The fourth-order valence-corrected chi connectivity index (χ4v) is 2.47. The number of amides is 2. The quantitative estimate of drug-likeness (QED) is 0.833. The molecular formula is C15H17N3O2S. The molecule has 1 aromatic heterocycles. The van der Waals surface area contributed by atoms with Gasteiger partial charge in [-0.3, -0.25) is 4.79 Å². The Balaban J connectivity index is 1.83. The smallest absolute Gasteiger partial charge is 0.319 e. The lowest BCUT2D eigenvalue weighted by Crippen LogP contribution is -2.31. The molecule has 2 amide bonds. The zero-order valence-electron chi connectivity index (χ0n) is 11.9. The van der Waals surface area contributed by atoms with Crippen LogP contribution < -0.4 is 10.6 Å². The average Bonchev–Trinajstić information content (AvgIpc) is 2.99. The van der Waals surface area contributed by atoms with Crippen LogP contribution in [0, 0.1) is 0 Å². The number of rotatable bonds is 5. The van der Waals surface area contributed by atoms with Gasteiger partial charge in [-0.1, -0.05) is 6.92 Å². The molecule has 110 valence electrons. The van der Waals surface area contributed by atoms with Crippen molar-refractivity contribution in [3.8, 4) is 0 Å². The number of carbonyl (C=O) groups excluding carboxylic acids is 2. The molecule has 2 rings (SSSR count). The highest BCUT2D eigenvalue weighted by molar-refractivity contribution is 7.09. The fourth-order valence-electron chi connectivity index (χ4n) is 1.77. The Morgan fingerprint density at radius 3 is 2.57 bits per heavy atom. The van der Waals surface area contributed by atoms with E-state index in [1.807, 2.05) is 12.3 Å². The number of Topliss-reactive ketones (excluding diaryl/α,β-unsaturated/α-hetero) is 1. The molecule has 0 fully saturated rings. The molecule has 0 spiro atoms. The second-order valence-corrected chi connectivity index (χ2v) is 5.67. The third kappa shape index (κ3) is 4.39. The van der Waals surface area contributed by atoms with Gasteiger partial charge in [0, 0.05) is 35.3 Å². The molecule has 5 nitrogen and oxygen atoms in total. The summed E-state index contributed by atoms with van der Waals surface area (Å²) in [7, 11) is 0. The van der Waals surface area contributed by atoms with Crippen LogP contribution in [0.4, 0.5) is 10.5 Å². The van der Waals surface area contributed by atoms with E-state index in [0.717, 1.165) is 5.01 Å². The molecule has 0 aliphatic carbocycles. The van der Waals surface area contributed by atoms with Crippen molar-refractivity contribution in [3.05, 3.63) is 46.4 Å². The zero-order valence-corrected chi connectivity index (χ0v) is 12.7. The minimum absolute atomic E-state index is 0.00303. The lowest BCUT2D eigenvalue weighted by molar-refractivity contribution is 0.101. The van der Waals surface area contributed by atoms with E-state index in [9.17, 15) is 9.59 Å². The third-order valence-corrected chi connectivity index (χ3v) is 4.00. The average molecular weight is 303 g/mol. The summed E-state index contributed by atoms with van der Waals surface area (Å²) in [4.78, 5) is 27.2. The van der Waals surface area contributed by atoms with Crippen LogP contribution in [0.1, 0.15) is 35.1 Å². The Morgan fingerprint density at radius 2 is 2.00 bits per heavy atom. The highest BCUT2D eigenvalue weighted by atomic mass is 32.1. The highest BCUT2D eigenvalue weighted by Gasteiger charge is 2.10. The lowest BCUT2D eigenvalue weighted by Gasteiger charge is -2.11. The summed E-state index contributed by atoms with van der Waals surface area (Å²) in [6, 6.07) is 6.53. The van der Waals surface area contributed by atoms with E-state index in [-0.39, 0.29) is 17.7 Å². The molecular weight excluding hydrogens is 286 g/mol. The van der Waals surface area contributed by atoms with E-state index in [2.05, 4.69) is 15.6 Å². The number of thiazole rings is 1. The molecule has 0 saturated carbocycles. The number of carbonyl (C=O) groups is 2. The van der Waals surface area contributed by atoms with Crippen LogP contribution in [0.2, 0.25) is 0 Å². The van der Waals surface area contributed by atoms with Crippen molar-refractivity contribution in [3.63, 3.8) is 0 Å². The summed E-state index contributed by atoms with van der Waals surface area (Å²) < 4.78 is 0. The summed E-state index contributed by atoms with van der Waals surface area (Å²) in [5.41, 5.74) is 1.28. The maximum atomic E-state index is 11.8. The lowest BCUT2D eigenvalue weighted by atomic mass is 10.1. The second-order valence-electron chi connectivity index (χ2n) is 4.74. The number of benzene rings is 1. The Hall–Kier alpha value is -2.21. The topological polar surface area (TPSA) is 71.1 Å². The Morgan fingerprint density at radius 1 is 1.29 bits per heavy atom. The molecule has 2 N–H and O–H groups in total. The number of aromatic nitrogens is 1. The van der Waals surface area contributed by atoms with Gasteiger partial charge in [-0.05, 0) is 31.2 Å². The van der Waals surface area contributed by atoms with Gasteiger partial charge in [-0.25, -0.2) is 9.78 Å². The molecule has 0 saturated heterocycles. The van der Waals surface area contributed by atoms with Crippen molar-refractivity contribution in [2.75, 3.05) is 11.9 Å². The number of hydrogen-bond acceptors (Lipinski definition) is 4. The number of hydrogen-bond donors (Lipinski definition) is 2. The van der Waals surface area contributed by atoms with Gasteiger partial charge in [0.15, 0.2) is 5.78 Å². The summed E-state index contributed by atoms with van der Waals surface area (Å²) in [5.74, 6) is 0.180. The fraction of sp³-hybridized carbons (Fsp3) is 0.267. The molecule has 2 aromatic rings. The van der Waals surface area contributed by atoms with Gasteiger partial charge in [0.2, 0.25) is 0 Å². The standard InChI is InChI=1S/C15H17N3O2S/c1-10(14-16-7-8-21-14)9-17-15(20)18-13-5-3-12(4-6-13)11(2)19/h3-8,10H,9H2,1-2H3,(H2,17,18,20). The van der Waals surface area contributed by atoms with Crippen LogP contribution in [-0.4, -0.2) is 23.3 Å². The number of nitrogens with one attached hydrogen (secondary N) is 2. The molecule has 0 aliphatic rings. The van der Waals surface area contributed by atoms with Crippen molar-refractivity contribution >= 4 is 28.8 Å². The van der Waals surface area contributed by atoms with Crippen LogP contribution in [0.15, 0.2) is 35.8 Å². The van der Waals surface area contributed by atoms with E-state index in [1.165, 1.54) is 6.92 Å². The predicted octanol–water partition coefficient (Wildman–Crippen LogP) is 3.27. The Kier molecular flexibility index (Phi) is 5.05. The van der Waals surface area contributed by atoms with Crippen molar-refractivity contribution in [1.82, 2.24) is 10.3 Å². The summed E-state index contributed by atoms with van der Waals surface area (Å²) >= 11 is 1.58. The van der Waals surface area contributed by atoms with Crippen LogP contribution in [0.25, 0.3) is 0 Å². The second kappa shape index (κ2) is 6.99. The zero-order chi connectivity index (χ0) is 15.2.